The molecule has 0 heterocycles. The number of allylic oxidation sites excluding steroid dienone is 2. The second-order valence-corrected chi connectivity index (χ2v) is 7.27. The van der Waals surface area contributed by atoms with Crippen molar-refractivity contribution < 1.29 is 0 Å². The molecule has 0 saturated carbocycles. The SMILES string of the molecule is CC1=CC(C)=C(C)C(N)C1(C)N.Cc1cc(C)c(C(N)N)cc1C. The van der Waals surface area contributed by atoms with Gasteiger partial charge in [0.1, 0.15) is 0 Å². The van der Waals surface area contributed by atoms with Crippen LogP contribution in [-0.2, 0) is 0 Å². The summed E-state index contributed by atoms with van der Waals surface area (Å²) in [4.78, 5) is 0. The van der Waals surface area contributed by atoms with Crippen LogP contribution in [0.4, 0.5) is 0 Å². The third kappa shape index (κ3) is 4.33. The summed E-state index contributed by atoms with van der Waals surface area (Å²) in [5.41, 5.74) is 31.3. The Balaban J connectivity index is 0.000000240. The molecule has 1 aromatic carbocycles. The quantitative estimate of drug-likeness (QED) is 0.594. The van der Waals surface area contributed by atoms with Gasteiger partial charge in [0, 0.05) is 6.04 Å². The van der Waals surface area contributed by atoms with E-state index in [2.05, 4.69) is 39.0 Å². The Morgan fingerprint density at radius 3 is 1.92 bits per heavy atom. The van der Waals surface area contributed by atoms with Crippen LogP contribution < -0.4 is 22.9 Å². The summed E-state index contributed by atoms with van der Waals surface area (Å²) in [5, 5.41) is 0. The first-order valence-corrected chi connectivity index (χ1v) is 8.39. The van der Waals surface area contributed by atoms with Gasteiger partial charge in [0.05, 0.1) is 11.7 Å². The van der Waals surface area contributed by atoms with Crippen LogP contribution in [0.15, 0.2) is 34.9 Å². The summed E-state index contributed by atoms with van der Waals surface area (Å²) in [6.45, 7) is 14.3. The van der Waals surface area contributed by atoms with Crippen molar-refractivity contribution in [3.8, 4) is 0 Å². The van der Waals surface area contributed by atoms with Crippen LogP contribution in [0.25, 0.3) is 0 Å². The fourth-order valence-corrected chi connectivity index (χ4v) is 2.88. The third-order valence-corrected chi connectivity index (χ3v) is 5.26. The van der Waals surface area contributed by atoms with Crippen molar-refractivity contribution in [2.24, 2.45) is 22.9 Å². The van der Waals surface area contributed by atoms with Crippen molar-refractivity contribution in [1.29, 1.82) is 0 Å². The number of nitrogens with two attached hydrogens (primary N) is 4. The van der Waals surface area contributed by atoms with E-state index in [1.54, 1.807) is 0 Å². The third-order valence-electron chi connectivity index (χ3n) is 5.26. The molecule has 1 aromatic rings. The molecule has 0 fully saturated rings. The molecular formula is C20H34N4. The lowest BCUT2D eigenvalue weighted by Crippen LogP contribution is -2.55. The minimum absolute atomic E-state index is 0.0394. The van der Waals surface area contributed by atoms with Crippen LogP contribution in [0.3, 0.4) is 0 Å². The van der Waals surface area contributed by atoms with E-state index in [0.717, 1.165) is 11.1 Å². The summed E-state index contributed by atoms with van der Waals surface area (Å²) in [7, 11) is 0. The van der Waals surface area contributed by atoms with Crippen LogP contribution in [0, 0.1) is 20.8 Å². The van der Waals surface area contributed by atoms with E-state index in [9.17, 15) is 0 Å². The van der Waals surface area contributed by atoms with E-state index in [1.165, 1.54) is 27.8 Å². The van der Waals surface area contributed by atoms with E-state index < -0.39 is 0 Å². The predicted octanol–water partition coefficient (Wildman–Crippen LogP) is 2.86. The van der Waals surface area contributed by atoms with Crippen LogP contribution in [-0.4, -0.2) is 11.6 Å². The van der Waals surface area contributed by atoms with Crippen molar-refractivity contribution in [1.82, 2.24) is 0 Å². The molecule has 1 aliphatic carbocycles. The second kappa shape index (κ2) is 7.62. The van der Waals surface area contributed by atoms with E-state index in [1.807, 2.05) is 27.7 Å². The average Bonchev–Trinajstić information content (AvgIpc) is 2.48. The summed E-state index contributed by atoms with van der Waals surface area (Å²) < 4.78 is 0. The van der Waals surface area contributed by atoms with Crippen LogP contribution in [0.1, 0.15) is 56.1 Å². The first-order valence-electron chi connectivity index (χ1n) is 8.39. The largest absolute Gasteiger partial charge is 0.322 e. The Labute approximate surface area is 147 Å². The number of aryl methyl sites for hydroxylation is 3. The normalized spacial score (nSPS) is 23.8. The molecule has 0 aliphatic heterocycles. The highest BCUT2D eigenvalue weighted by Crippen LogP contribution is 2.29. The molecule has 4 heteroatoms. The van der Waals surface area contributed by atoms with Gasteiger partial charge in [-0.1, -0.05) is 34.9 Å². The smallest absolute Gasteiger partial charge is 0.0787 e. The van der Waals surface area contributed by atoms with Gasteiger partial charge in [-0.05, 0) is 70.7 Å². The topological polar surface area (TPSA) is 104 Å². The molecule has 134 valence electrons. The molecule has 0 saturated heterocycles. The van der Waals surface area contributed by atoms with E-state index >= 15 is 0 Å². The molecule has 24 heavy (non-hydrogen) atoms. The fraction of sp³-hybridized carbons (Fsp3) is 0.500. The van der Waals surface area contributed by atoms with E-state index in [0.29, 0.717) is 0 Å². The van der Waals surface area contributed by atoms with Gasteiger partial charge in [-0.3, -0.25) is 0 Å². The van der Waals surface area contributed by atoms with Crippen molar-refractivity contribution in [2.45, 2.75) is 66.2 Å². The lowest BCUT2D eigenvalue weighted by molar-refractivity contribution is 0.464. The van der Waals surface area contributed by atoms with Gasteiger partial charge in [0.15, 0.2) is 0 Å². The first-order chi connectivity index (χ1) is 10.9. The maximum Gasteiger partial charge on any atom is 0.0787 e. The van der Waals surface area contributed by atoms with Crippen LogP contribution >= 0.6 is 0 Å². The monoisotopic (exact) mass is 330 g/mol. The average molecular weight is 331 g/mol. The summed E-state index contributed by atoms with van der Waals surface area (Å²) in [5.74, 6) is 0. The molecule has 0 bridgehead atoms. The molecule has 2 rings (SSSR count). The second-order valence-electron chi connectivity index (χ2n) is 7.27. The maximum absolute atomic E-state index is 6.09. The van der Waals surface area contributed by atoms with Gasteiger partial charge in [0.25, 0.3) is 0 Å². The molecule has 4 nitrogen and oxygen atoms in total. The van der Waals surface area contributed by atoms with Crippen molar-refractivity contribution in [3.63, 3.8) is 0 Å². The Hall–Kier alpha value is -1.46. The zero-order valence-corrected chi connectivity index (χ0v) is 16.2. The highest BCUT2D eigenvalue weighted by Gasteiger charge is 2.33. The minimum Gasteiger partial charge on any atom is -0.322 e. The fourth-order valence-electron chi connectivity index (χ4n) is 2.88. The molecule has 1 aliphatic rings. The molecule has 0 amide bonds. The number of benzene rings is 1. The highest BCUT2D eigenvalue weighted by atomic mass is 14.9. The summed E-state index contributed by atoms with van der Waals surface area (Å²) >= 11 is 0. The van der Waals surface area contributed by atoms with Gasteiger partial charge in [0.2, 0.25) is 0 Å². The van der Waals surface area contributed by atoms with Gasteiger partial charge in [-0.2, -0.15) is 0 Å². The van der Waals surface area contributed by atoms with Crippen LogP contribution in [0.2, 0.25) is 0 Å². The van der Waals surface area contributed by atoms with Crippen molar-refractivity contribution in [3.05, 3.63) is 57.2 Å². The summed E-state index contributed by atoms with van der Waals surface area (Å²) in [6, 6.07) is 4.15. The maximum atomic E-state index is 6.09. The first kappa shape index (κ1) is 20.6. The molecule has 0 aromatic heterocycles. The molecule has 2 atom stereocenters. The van der Waals surface area contributed by atoms with Gasteiger partial charge < -0.3 is 22.9 Å². The Kier molecular flexibility index (Phi) is 6.53. The van der Waals surface area contributed by atoms with Crippen molar-refractivity contribution >= 4 is 0 Å². The lowest BCUT2D eigenvalue weighted by Gasteiger charge is -2.37. The molecule has 0 spiro atoms. The highest BCUT2D eigenvalue weighted by molar-refractivity contribution is 5.42. The molecular weight excluding hydrogens is 296 g/mol. The Morgan fingerprint density at radius 2 is 1.42 bits per heavy atom. The Bertz CT molecular complexity index is 666. The number of hydrogen-bond acceptors (Lipinski definition) is 4. The predicted molar refractivity (Wildman–Crippen MR) is 104 cm³/mol. The van der Waals surface area contributed by atoms with E-state index in [4.69, 9.17) is 22.9 Å². The number of hydrogen-bond donors (Lipinski definition) is 4. The van der Waals surface area contributed by atoms with Crippen LogP contribution in [0.5, 0.6) is 0 Å². The molecule has 8 N–H and O–H groups in total. The van der Waals surface area contributed by atoms with E-state index in [-0.39, 0.29) is 17.7 Å². The van der Waals surface area contributed by atoms with Gasteiger partial charge in [-0.25, -0.2) is 0 Å². The zero-order valence-electron chi connectivity index (χ0n) is 16.2. The zero-order chi connectivity index (χ0) is 18.8. The Morgan fingerprint density at radius 1 is 0.917 bits per heavy atom. The lowest BCUT2D eigenvalue weighted by atomic mass is 9.77. The standard InChI is InChI=1S/C10H18N2.C10H16N2/c1-6-5-7(2)10(4,12)9(11)8(6)3;1-6-4-8(3)9(10(11)12)5-7(6)2/h5,9H,11-12H2,1-4H3;4-5,10H,11-12H2,1-3H3. The minimum atomic E-state index is -0.371. The van der Waals surface area contributed by atoms with Gasteiger partial charge in [-0.15, -0.1) is 0 Å². The van der Waals surface area contributed by atoms with Gasteiger partial charge >= 0.3 is 0 Å². The number of rotatable bonds is 1. The molecule has 0 radical (unpaired) electrons. The molecule has 2 unspecified atom stereocenters. The van der Waals surface area contributed by atoms with Crippen molar-refractivity contribution in [2.75, 3.05) is 0 Å². The summed E-state index contributed by atoms with van der Waals surface area (Å²) in [6.07, 6.45) is 1.77.